The summed E-state index contributed by atoms with van der Waals surface area (Å²) in [5.41, 5.74) is -0.698. The molecule has 4 nitrogen and oxygen atoms in total. The molecule has 122 valence electrons. The Bertz CT molecular complexity index is 344. The van der Waals surface area contributed by atoms with E-state index in [-0.39, 0.29) is 0 Å². The van der Waals surface area contributed by atoms with E-state index in [1.54, 1.807) is 0 Å². The first-order chi connectivity index (χ1) is 10.1. The van der Waals surface area contributed by atoms with E-state index in [1.165, 1.54) is 32.2 Å². The lowest BCUT2D eigenvalue weighted by molar-refractivity contribution is -0.145. The molecule has 2 rings (SSSR count). The molecule has 2 N–H and O–H groups in total. The van der Waals surface area contributed by atoms with Crippen LogP contribution in [0.4, 0.5) is 0 Å². The van der Waals surface area contributed by atoms with E-state index < -0.39 is 11.5 Å². The molecular weight excluding hydrogens is 264 g/mol. The topological polar surface area (TPSA) is 52.6 Å². The van der Waals surface area contributed by atoms with Crippen molar-refractivity contribution in [3.8, 4) is 0 Å². The lowest BCUT2D eigenvalue weighted by Gasteiger charge is -2.32. The monoisotopic (exact) mass is 296 g/mol. The molecule has 0 radical (unpaired) electrons. The smallest absolute Gasteiger partial charge is 0.323 e. The maximum atomic E-state index is 11.7. The molecule has 0 amide bonds. The van der Waals surface area contributed by atoms with E-state index in [4.69, 9.17) is 0 Å². The Morgan fingerprint density at radius 2 is 2.05 bits per heavy atom. The number of hydrogen-bond acceptors (Lipinski definition) is 3. The van der Waals surface area contributed by atoms with Crippen molar-refractivity contribution in [1.82, 2.24) is 10.2 Å². The number of aliphatic carboxylic acids is 1. The molecule has 0 aromatic heterocycles. The third-order valence-electron chi connectivity index (χ3n) is 5.31. The van der Waals surface area contributed by atoms with Crippen molar-refractivity contribution in [2.24, 2.45) is 0 Å². The number of rotatable bonds is 8. The van der Waals surface area contributed by atoms with Gasteiger partial charge in [0.25, 0.3) is 0 Å². The summed E-state index contributed by atoms with van der Waals surface area (Å²) in [7, 11) is 0. The van der Waals surface area contributed by atoms with Gasteiger partial charge in [-0.15, -0.1) is 0 Å². The molecule has 1 saturated heterocycles. The summed E-state index contributed by atoms with van der Waals surface area (Å²) >= 11 is 0. The molecule has 2 atom stereocenters. The number of nitrogens with one attached hydrogen (secondary N) is 1. The second-order valence-electron chi connectivity index (χ2n) is 7.00. The van der Waals surface area contributed by atoms with Crippen molar-refractivity contribution < 1.29 is 9.90 Å². The molecule has 0 spiro atoms. The molecule has 1 aliphatic heterocycles. The van der Waals surface area contributed by atoms with Crippen LogP contribution in [-0.4, -0.2) is 46.7 Å². The predicted molar refractivity (Wildman–Crippen MR) is 85.6 cm³/mol. The van der Waals surface area contributed by atoms with Crippen LogP contribution in [0.3, 0.4) is 0 Å². The fourth-order valence-electron chi connectivity index (χ4n) is 3.54. The molecule has 21 heavy (non-hydrogen) atoms. The zero-order valence-electron chi connectivity index (χ0n) is 13.7. The largest absolute Gasteiger partial charge is 0.480 e. The number of hydrogen-bond donors (Lipinski definition) is 2. The van der Waals surface area contributed by atoms with Gasteiger partial charge >= 0.3 is 5.97 Å². The average Bonchev–Trinajstić information content (AvgIpc) is 3.27. The zero-order valence-corrected chi connectivity index (χ0v) is 13.7. The molecule has 0 aromatic carbocycles. The molecule has 2 unspecified atom stereocenters. The molecule has 2 aliphatic rings. The Balaban J connectivity index is 1.84. The van der Waals surface area contributed by atoms with Crippen LogP contribution in [0.15, 0.2) is 0 Å². The molecule has 1 heterocycles. The quantitative estimate of drug-likeness (QED) is 0.723. The number of nitrogens with zero attached hydrogens (tertiary/aromatic N) is 1. The minimum atomic E-state index is -0.698. The van der Waals surface area contributed by atoms with Crippen molar-refractivity contribution in [2.45, 2.75) is 89.3 Å². The van der Waals surface area contributed by atoms with E-state index in [2.05, 4.69) is 17.1 Å². The fourth-order valence-corrected chi connectivity index (χ4v) is 3.54. The van der Waals surface area contributed by atoms with E-state index in [9.17, 15) is 9.90 Å². The van der Waals surface area contributed by atoms with Crippen LogP contribution in [0, 0.1) is 0 Å². The molecular formula is C17H32N2O2. The number of carboxylic acid groups (broad SMARTS) is 1. The highest BCUT2D eigenvalue weighted by molar-refractivity contribution is 5.78. The van der Waals surface area contributed by atoms with Crippen molar-refractivity contribution in [1.29, 1.82) is 0 Å². The average molecular weight is 296 g/mol. The van der Waals surface area contributed by atoms with Crippen LogP contribution in [0.25, 0.3) is 0 Å². The highest BCUT2D eigenvalue weighted by Crippen LogP contribution is 2.28. The van der Waals surface area contributed by atoms with Gasteiger partial charge in [-0.2, -0.15) is 0 Å². The summed E-state index contributed by atoms with van der Waals surface area (Å²) in [5.74, 6) is -0.666. The van der Waals surface area contributed by atoms with Crippen LogP contribution >= 0.6 is 0 Å². The van der Waals surface area contributed by atoms with Gasteiger partial charge in [0.1, 0.15) is 5.54 Å². The lowest BCUT2D eigenvalue weighted by atomic mass is 9.90. The van der Waals surface area contributed by atoms with E-state index in [0.29, 0.717) is 18.5 Å². The first kappa shape index (κ1) is 16.8. The minimum absolute atomic E-state index is 0.443. The second-order valence-corrected chi connectivity index (χ2v) is 7.00. The van der Waals surface area contributed by atoms with Crippen molar-refractivity contribution >= 4 is 5.97 Å². The van der Waals surface area contributed by atoms with E-state index >= 15 is 0 Å². The number of carboxylic acids is 1. The van der Waals surface area contributed by atoms with E-state index in [1.807, 2.05) is 6.92 Å². The molecule has 4 heteroatoms. The summed E-state index contributed by atoms with van der Waals surface area (Å²) in [6, 6.07) is 1.10. The van der Waals surface area contributed by atoms with Crippen LogP contribution in [0.1, 0.15) is 71.6 Å². The van der Waals surface area contributed by atoms with Crippen LogP contribution < -0.4 is 5.32 Å². The highest BCUT2D eigenvalue weighted by atomic mass is 16.4. The Labute approximate surface area is 129 Å². The number of likely N-dealkylation sites (tertiary alicyclic amines) is 1. The summed E-state index contributed by atoms with van der Waals surface area (Å²) in [4.78, 5) is 14.3. The van der Waals surface area contributed by atoms with Crippen molar-refractivity contribution in [2.75, 3.05) is 13.1 Å². The highest BCUT2D eigenvalue weighted by Gasteiger charge is 2.40. The predicted octanol–water partition coefficient (Wildman–Crippen LogP) is 3.02. The summed E-state index contributed by atoms with van der Waals surface area (Å²) in [6.07, 6.45) is 9.95. The van der Waals surface area contributed by atoms with Gasteiger partial charge < -0.3 is 10.0 Å². The Morgan fingerprint density at radius 1 is 1.29 bits per heavy atom. The van der Waals surface area contributed by atoms with Gasteiger partial charge in [0.15, 0.2) is 0 Å². The minimum Gasteiger partial charge on any atom is -0.480 e. The SMILES string of the molecule is CCC(CCCN1CCCCCC1C)(NC1CC1)C(=O)O. The third kappa shape index (κ3) is 4.68. The van der Waals surface area contributed by atoms with Crippen LogP contribution in [-0.2, 0) is 4.79 Å². The summed E-state index contributed by atoms with van der Waals surface area (Å²) < 4.78 is 0. The molecule has 2 fully saturated rings. The van der Waals surface area contributed by atoms with Crippen molar-refractivity contribution in [3.05, 3.63) is 0 Å². The Hall–Kier alpha value is -0.610. The first-order valence-corrected chi connectivity index (χ1v) is 8.82. The molecule has 0 aromatic rings. The molecule has 1 saturated carbocycles. The van der Waals surface area contributed by atoms with Gasteiger partial charge in [-0.05, 0) is 65.0 Å². The second kappa shape index (κ2) is 7.59. The van der Waals surface area contributed by atoms with Crippen molar-refractivity contribution in [3.63, 3.8) is 0 Å². The van der Waals surface area contributed by atoms with Crippen LogP contribution in [0.2, 0.25) is 0 Å². The van der Waals surface area contributed by atoms with Gasteiger partial charge in [0.05, 0.1) is 0 Å². The Kier molecular flexibility index (Phi) is 6.06. The first-order valence-electron chi connectivity index (χ1n) is 8.82. The van der Waals surface area contributed by atoms with Gasteiger partial charge in [-0.1, -0.05) is 19.8 Å². The van der Waals surface area contributed by atoms with Gasteiger partial charge in [0, 0.05) is 12.1 Å². The molecule has 0 bridgehead atoms. The normalized spacial score (nSPS) is 27.0. The van der Waals surface area contributed by atoms with E-state index in [0.717, 1.165) is 32.2 Å². The van der Waals surface area contributed by atoms with Crippen LogP contribution in [0.5, 0.6) is 0 Å². The van der Waals surface area contributed by atoms with Gasteiger partial charge in [0.2, 0.25) is 0 Å². The maximum Gasteiger partial charge on any atom is 0.323 e. The summed E-state index contributed by atoms with van der Waals surface area (Å²) in [6.45, 7) is 6.54. The third-order valence-corrected chi connectivity index (χ3v) is 5.31. The lowest BCUT2D eigenvalue weighted by Crippen LogP contribution is -2.53. The zero-order chi connectivity index (χ0) is 15.3. The molecule has 1 aliphatic carbocycles. The maximum absolute atomic E-state index is 11.7. The van der Waals surface area contributed by atoms with Gasteiger partial charge in [-0.3, -0.25) is 10.1 Å². The van der Waals surface area contributed by atoms with Gasteiger partial charge in [-0.25, -0.2) is 0 Å². The summed E-state index contributed by atoms with van der Waals surface area (Å²) in [5, 5.41) is 13.1. The Morgan fingerprint density at radius 3 is 2.67 bits per heavy atom. The standard InChI is InChI=1S/C17H32N2O2/c1-3-17(16(20)21,18-15-9-10-15)11-7-13-19-12-6-4-5-8-14(19)2/h14-15,18H,3-13H2,1-2H3,(H,20,21). The number of carbonyl (C=O) groups is 1. The fraction of sp³-hybridized carbons (Fsp3) is 0.941.